The van der Waals surface area contributed by atoms with Crippen molar-refractivity contribution in [3.63, 3.8) is 0 Å². The first-order valence-electron chi connectivity index (χ1n) is 6.36. The molecule has 5 heteroatoms. The number of halogens is 1. The Kier molecular flexibility index (Phi) is 6.29. The summed E-state index contributed by atoms with van der Waals surface area (Å²) < 4.78 is 1.09. The molecule has 108 valence electrons. The van der Waals surface area contributed by atoms with Crippen LogP contribution in [-0.2, 0) is 0 Å². The number of benzene rings is 2. The Morgan fingerprint density at radius 3 is 2.24 bits per heavy atom. The molecular formula is C16H15BrN2S2. The lowest BCUT2D eigenvalue weighted by atomic mass is 10.3. The Labute approximate surface area is 143 Å². The molecule has 0 bridgehead atoms. The highest BCUT2D eigenvalue weighted by atomic mass is 79.9. The molecule has 0 unspecified atom stereocenters. The Balaban J connectivity index is 1.94. The molecular weight excluding hydrogens is 364 g/mol. The lowest BCUT2D eigenvalue weighted by Gasteiger charge is -2.09. The molecule has 2 rings (SSSR count). The number of anilines is 1. The predicted molar refractivity (Wildman–Crippen MR) is 99.1 cm³/mol. The van der Waals surface area contributed by atoms with Gasteiger partial charge in [0.1, 0.15) is 0 Å². The summed E-state index contributed by atoms with van der Waals surface area (Å²) in [5.74, 6) is 0. The molecule has 2 aromatic carbocycles. The first kappa shape index (κ1) is 16.1. The van der Waals surface area contributed by atoms with Gasteiger partial charge in [-0.3, -0.25) is 0 Å². The van der Waals surface area contributed by atoms with Crippen molar-refractivity contribution in [2.24, 2.45) is 0 Å². The highest BCUT2D eigenvalue weighted by Gasteiger charge is 2.00. The molecule has 2 N–H and O–H groups in total. The molecule has 0 saturated carbocycles. The molecule has 0 saturated heterocycles. The maximum atomic E-state index is 5.17. The van der Waals surface area contributed by atoms with Gasteiger partial charge in [0, 0.05) is 26.5 Å². The summed E-state index contributed by atoms with van der Waals surface area (Å²) in [6.45, 7) is 4.30. The first-order valence-corrected chi connectivity index (χ1v) is 8.38. The Bertz CT molecular complexity index is 609. The molecule has 0 aliphatic rings. The van der Waals surface area contributed by atoms with Crippen molar-refractivity contribution in [1.82, 2.24) is 5.32 Å². The second-order valence-electron chi connectivity index (χ2n) is 4.20. The average Bonchev–Trinajstić information content (AvgIpc) is 2.49. The van der Waals surface area contributed by atoms with E-state index < -0.39 is 0 Å². The third-order valence-corrected chi connectivity index (χ3v) is 4.36. The van der Waals surface area contributed by atoms with E-state index in [-0.39, 0.29) is 0 Å². The summed E-state index contributed by atoms with van der Waals surface area (Å²) in [6, 6.07) is 16.5. The molecule has 2 nitrogen and oxygen atoms in total. The second-order valence-corrected chi connectivity index (χ2v) is 6.67. The van der Waals surface area contributed by atoms with Crippen LogP contribution in [0.4, 0.5) is 5.69 Å². The van der Waals surface area contributed by atoms with Gasteiger partial charge in [-0.15, -0.1) is 6.58 Å². The number of hydrogen-bond acceptors (Lipinski definition) is 2. The van der Waals surface area contributed by atoms with Gasteiger partial charge in [-0.05, 0) is 60.7 Å². The Morgan fingerprint density at radius 2 is 1.67 bits per heavy atom. The van der Waals surface area contributed by atoms with Gasteiger partial charge in [0.15, 0.2) is 5.11 Å². The summed E-state index contributed by atoms with van der Waals surface area (Å²) in [7, 11) is 0. The molecule has 0 radical (unpaired) electrons. The number of thiocarbonyl (C=S) groups is 1. The normalized spacial score (nSPS) is 9.95. The standard InChI is InChI=1S/C16H15BrN2S2/c1-2-11-18-16(20)19-13-5-9-15(10-6-13)21-14-7-3-12(17)4-8-14/h2-10H,1,11H2,(H2,18,19,20). The van der Waals surface area contributed by atoms with Crippen LogP contribution in [0.5, 0.6) is 0 Å². The SMILES string of the molecule is C=CCNC(=S)Nc1ccc(Sc2ccc(Br)cc2)cc1. The van der Waals surface area contributed by atoms with Crippen LogP contribution in [0.25, 0.3) is 0 Å². The molecule has 0 fully saturated rings. The molecule has 0 heterocycles. The van der Waals surface area contributed by atoms with E-state index in [1.54, 1.807) is 17.8 Å². The maximum absolute atomic E-state index is 5.17. The van der Waals surface area contributed by atoms with Crippen molar-refractivity contribution in [3.8, 4) is 0 Å². The van der Waals surface area contributed by atoms with E-state index in [1.807, 2.05) is 24.3 Å². The molecule has 0 aromatic heterocycles. The largest absolute Gasteiger partial charge is 0.359 e. The van der Waals surface area contributed by atoms with Crippen molar-refractivity contribution in [2.45, 2.75) is 9.79 Å². The van der Waals surface area contributed by atoms with Gasteiger partial charge in [-0.1, -0.05) is 33.8 Å². The molecule has 0 aliphatic heterocycles. The summed E-state index contributed by atoms with van der Waals surface area (Å²) in [6.07, 6.45) is 1.77. The lowest BCUT2D eigenvalue weighted by Crippen LogP contribution is -2.28. The van der Waals surface area contributed by atoms with Crippen molar-refractivity contribution in [3.05, 3.63) is 65.7 Å². The topological polar surface area (TPSA) is 24.1 Å². The fraction of sp³-hybridized carbons (Fsp3) is 0.0625. The van der Waals surface area contributed by atoms with Gasteiger partial charge in [0.2, 0.25) is 0 Å². The van der Waals surface area contributed by atoms with Crippen LogP contribution in [0.1, 0.15) is 0 Å². The summed E-state index contributed by atoms with van der Waals surface area (Å²) in [4.78, 5) is 2.40. The molecule has 0 atom stereocenters. The van der Waals surface area contributed by atoms with Crippen molar-refractivity contribution in [2.75, 3.05) is 11.9 Å². The zero-order chi connectivity index (χ0) is 15.1. The van der Waals surface area contributed by atoms with E-state index in [9.17, 15) is 0 Å². The third-order valence-electron chi connectivity index (χ3n) is 2.57. The van der Waals surface area contributed by atoms with E-state index in [2.05, 4.69) is 57.4 Å². The maximum Gasteiger partial charge on any atom is 0.171 e. The first-order chi connectivity index (χ1) is 10.2. The summed E-state index contributed by atoms with van der Waals surface area (Å²) >= 11 is 10.3. The fourth-order valence-corrected chi connectivity index (χ4v) is 2.87. The van der Waals surface area contributed by atoms with Crippen LogP contribution in [-0.4, -0.2) is 11.7 Å². The van der Waals surface area contributed by atoms with Gasteiger partial charge in [-0.25, -0.2) is 0 Å². The van der Waals surface area contributed by atoms with Gasteiger partial charge in [-0.2, -0.15) is 0 Å². The van der Waals surface area contributed by atoms with Crippen molar-refractivity contribution >= 4 is 50.7 Å². The highest BCUT2D eigenvalue weighted by Crippen LogP contribution is 2.29. The Hall–Kier alpha value is -1.30. The second kappa shape index (κ2) is 8.22. The zero-order valence-corrected chi connectivity index (χ0v) is 14.5. The lowest BCUT2D eigenvalue weighted by molar-refractivity contribution is 1.06. The molecule has 0 spiro atoms. The van der Waals surface area contributed by atoms with Gasteiger partial charge in [0.05, 0.1) is 0 Å². The van der Waals surface area contributed by atoms with Crippen LogP contribution >= 0.6 is 39.9 Å². The molecule has 0 aliphatic carbocycles. The minimum absolute atomic E-state index is 0.600. The molecule has 2 aromatic rings. The van der Waals surface area contributed by atoms with Crippen molar-refractivity contribution in [1.29, 1.82) is 0 Å². The van der Waals surface area contributed by atoms with Crippen LogP contribution < -0.4 is 10.6 Å². The fourth-order valence-electron chi connectivity index (χ4n) is 1.59. The van der Waals surface area contributed by atoms with Gasteiger partial charge >= 0.3 is 0 Å². The van der Waals surface area contributed by atoms with E-state index in [0.29, 0.717) is 11.7 Å². The van der Waals surface area contributed by atoms with Gasteiger partial charge in [0.25, 0.3) is 0 Å². The van der Waals surface area contributed by atoms with Gasteiger partial charge < -0.3 is 10.6 Å². The number of rotatable bonds is 5. The molecule has 0 amide bonds. The molecule has 21 heavy (non-hydrogen) atoms. The predicted octanol–water partition coefficient (Wildman–Crippen LogP) is 5.07. The van der Waals surface area contributed by atoms with E-state index in [4.69, 9.17) is 12.2 Å². The van der Waals surface area contributed by atoms with Crippen LogP contribution in [0.15, 0.2) is 75.4 Å². The van der Waals surface area contributed by atoms with Crippen molar-refractivity contribution < 1.29 is 0 Å². The quantitative estimate of drug-likeness (QED) is 0.559. The average molecular weight is 379 g/mol. The summed E-state index contributed by atoms with van der Waals surface area (Å²) in [5.41, 5.74) is 0.969. The monoisotopic (exact) mass is 378 g/mol. The highest BCUT2D eigenvalue weighted by molar-refractivity contribution is 9.10. The smallest absolute Gasteiger partial charge is 0.171 e. The van der Waals surface area contributed by atoms with Crippen LogP contribution in [0, 0.1) is 0 Å². The minimum atomic E-state index is 0.600. The zero-order valence-electron chi connectivity index (χ0n) is 11.3. The van der Waals surface area contributed by atoms with Crippen LogP contribution in [0.2, 0.25) is 0 Å². The number of hydrogen-bond donors (Lipinski definition) is 2. The minimum Gasteiger partial charge on any atom is -0.359 e. The number of nitrogens with one attached hydrogen (secondary N) is 2. The van der Waals surface area contributed by atoms with Crippen LogP contribution in [0.3, 0.4) is 0 Å². The third kappa shape index (κ3) is 5.53. The van der Waals surface area contributed by atoms with E-state index >= 15 is 0 Å². The Morgan fingerprint density at radius 1 is 1.10 bits per heavy atom. The summed E-state index contributed by atoms with van der Waals surface area (Å²) in [5, 5.41) is 6.77. The van der Waals surface area contributed by atoms with E-state index in [0.717, 1.165) is 10.2 Å². The van der Waals surface area contributed by atoms with E-state index in [1.165, 1.54) is 9.79 Å².